The van der Waals surface area contributed by atoms with Gasteiger partial charge in [0.15, 0.2) is 0 Å². The van der Waals surface area contributed by atoms with Gasteiger partial charge in [0, 0.05) is 70.5 Å². The summed E-state index contributed by atoms with van der Waals surface area (Å²) in [5.41, 5.74) is -0.561. The smallest absolute Gasteiger partial charge is 0.111 e. The SMILES string of the molecule is CC1(CC2(CC3(C)CC=CO3)CNCCNCCN2CCO)CC=CO1. The third kappa shape index (κ3) is 4.60. The maximum Gasteiger partial charge on any atom is 0.111 e. The monoisotopic (exact) mass is 365 g/mol. The number of aliphatic hydroxyl groups excluding tert-OH is 1. The average Bonchev–Trinajstić information content (AvgIpc) is 3.22. The van der Waals surface area contributed by atoms with E-state index in [4.69, 9.17) is 9.47 Å². The first-order chi connectivity index (χ1) is 12.5. The average molecular weight is 366 g/mol. The van der Waals surface area contributed by atoms with Crippen LogP contribution in [-0.2, 0) is 9.47 Å². The zero-order valence-electron chi connectivity index (χ0n) is 16.3. The lowest BCUT2D eigenvalue weighted by Crippen LogP contribution is -2.62. The van der Waals surface area contributed by atoms with Crippen LogP contribution in [0.5, 0.6) is 0 Å². The number of nitrogens with one attached hydrogen (secondary N) is 2. The molecule has 0 spiro atoms. The molecule has 6 heteroatoms. The van der Waals surface area contributed by atoms with Crippen molar-refractivity contribution in [2.24, 2.45) is 0 Å². The lowest BCUT2D eigenvalue weighted by Gasteiger charge is -2.50. The molecule has 1 saturated heterocycles. The van der Waals surface area contributed by atoms with Crippen LogP contribution in [0.4, 0.5) is 0 Å². The van der Waals surface area contributed by atoms with Gasteiger partial charge in [0.05, 0.1) is 19.1 Å². The van der Waals surface area contributed by atoms with Crippen LogP contribution in [0.25, 0.3) is 0 Å². The fourth-order valence-electron chi connectivity index (χ4n) is 4.80. The van der Waals surface area contributed by atoms with E-state index >= 15 is 0 Å². The predicted molar refractivity (Wildman–Crippen MR) is 103 cm³/mol. The van der Waals surface area contributed by atoms with Gasteiger partial charge in [-0.1, -0.05) is 0 Å². The highest BCUT2D eigenvalue weighted by Gasteiger charge is 2.48. The van der Waals surface area contributed by atoms with E-state index in [1.54, 1.807) is 0 Å². The molecule has 0 radical (unpaired) electrons. The van der Waals surface area contributed by atoms with Gasteiger partial charge in [0.2, 0.25) is 0 Å². The molecule has 3 heterocycles. The van der Waals surface area contributed by atoms with Gasteiger partial charge >= 0.3 is 0 Å². The van der Waals surface area contributed by atoms with Gasteiger partial charge in [-0.15, -0.1) is 0 Å². The number of β-amino-alcohol motifs (C(OH)–C–C–N with tert-alkyl or cyclic N) is 1. The summed E-state index contributed by atoms with van der Waals surface area (Å²) in [4.78, 5) is 2.46. The minimum absolute atomic E-state index is 0.143. The number of rotatable bonds is 6. The van der Waals surface area contributed by atoms with E-state index in [0.717, 1.165) is 58.4 Å². The van der Waals surface area contributed by atoms with Gasteiger partial charge < -0.3 is 25.2 Å². The highest BCUT2D eigenvalue weighted by Crippen LogP contribution is 2.42. The van der Waals surface area contributed by atoms with Gasteiger partial charge in [0.25, 0.3) is 0 Å². The molecule has 0 aromatic rings. The largest absolute Gasteiger partial charge is 0.495 e. The third-order valence-electron chi connectivity index (χ3n) is 5.93. The Balaban J connectivity index is 1.90. The number of nitrogens with zero attached hydrogens (tertiary/aromatic N) is 1. The first-order valence-corrected chi connectivity index (χ1v) is 9.92. The Morgan fingerprint density at radius 2 is 1.58 bits per heavy atom. The Bertz CT molecular complexity index is 474. The Hall–Kier alpha value is -1.08. The molecular weight excluding hydrogens is 330 g/mol. The highest BCUT2D eigenvalue weighted by atomic mass is 16.5. The topological polar surface area (TPSA) is 66.0 Å². The normalized spacial score (nSPS) is 38.4. The van der Waals surface area contributed by atoms with Crippen LogP contribution in [0.2, 0.25) is 0 Å². The summed E-state index contributed by atoms with van der Waals surface area (Å²) in [5.74, 6) is 0. The second-order valence-electron chi connectivity index (χ2n) is 8.50. The van der Waals surface area contributed by atoms with E-state index in [9.17, 15) is 5.11 Å². The Kier molecular flexibility index (Phi) is 6.28. The van der Waals surface area contributed by atoms with Crippen LogP contribution in [-0.4, -0.2) is 72.6 Å². The fourth-order valence-corrected chi connectivity index (χ4v) is 4.80. The van der Waals surface area contributed by atoms with E-state index in [-0.39, 0.29) is 23.3 Å². The second kappa shape index (κ2) is 8.30. The van der Waals surface area contributed by atoms with Crippen LogP contribution in [0, 0.1) is 0 Å². The minimum Gasteiger partial charge on any atom is -0.495 e. The minimum atomic E-state index is -0.209. The molecule has 0 aliphatic carbocycles. The summed E-state index contributed by atoms with van der Waals surface area (Å²) in [6.07, 6.45) is 11.6. The number of hydrogen-bond acceptors (Lipinski definition) is 6. The molecule has 3 N–H and O–H groups in total. The molecule has 3 aliphatic heterocycles. The molecule has 0 aromatic carbocycles. The summed E-state index contributed by atoms with van der Waals surface area (Å²) >= 11 is 0. The first kappa shape index (κ1) is 19.7. The lowest BCUT2D eigenvalue weighted by atomic mass is 9.74. The van der Waals surface area contributed by atoms with Crippen molar-refractivity contribution in [3.63, 3.8) is 0 Å². The molecule has 26 heavy (non-hydrogen) atoms. The van der Waals surface area contributed by atoms with Crippen LogP contribution in [0.1, 0.15) is 39.5 Å². The van der Waals surface area contributed by atoms with Crippen LogP contribution in [0.15, 0.2) is 24.7 Å². The Morgan fingerprint density at radius 3 is 2.12 bits per heavy atom. The molecule has 0 bridgehead atoms. The summed E-state index contributed by atoms with van der Waals surface area (Å²) in [6.45, 7) is 9.84. The standard InChI is InChI=1S/C20H35N3O3/c1-18(5-3-13-25-18)15-20(16-19(2)6-4-14-26-19)17-22-8-7-21-9-10-23(20)11-12-24/h3-4,13-14,21-22,24H,5-12,15-17H2,1-2H3. The van der Waals surface area contributed by atoms with Gasteiger partial charge in [-0.3, -0.25) is 4.90 Å². The number of aliphatic hydroxyl groups is 1. The molecule has 0 saturated carbocycles. The van der Waals surface area contributed by atoms with Crippen molar-refractivity contribution < 1.29 is 14.6 Å². The molecule has 1 fully saturated rings. The van der Waals surface area contributed by atoms with E-state index in [1.807, 2.05) is 12.5 Å². The van der Waals surface area contributed by atoms with Gasteiger partial charge in [-0.05, 0) is 26.0 Å². The Labute approximate surface area is 157 Å². The van der Waals surface area contributed by atoms with Gasteiger partial charge in [-0.25, -0.2) is 0 Å². The predicted octanol–water partition coefficient (Wildman–Crippen LogP) is 1.38. The van der Waals surface area contributed by atoms with E-state index in [0.29, 0.717) is 6.54 Å². The van der Waals surface area contributed by atoms with Crippen molar-refractivity contribution in [3.8, 4) is 0 Å². The molecule has 0 aromatic heterocycles. The molecule has 2 unspecified atom stereocenters. The zero-order valence-corrected chi connectivity index (χ0v) is 16.3. The van der Waals surface area contributed by atoms with E-state index in [2.05, 4.69) is 41.5 Å². The summed E-state index contributed by atoms with van der Waals surface area (Å²) in [6, 6.07) is 0. The quantitative estimate of drug-likeness (QED) is 0.661. The van der Waals surface area contributed by atoms with Crippen LogP contribution >= 0.6 is 0 Å². The van der Waals surface area contributed by atoms with Crippen molar-refractivity contribution in [2.45, 2.75) is 56.3 Å². The van der Waals surface area contributed by atoms with Crippen molar-refractivity contribution >= 4 is 0 Å². The van der Waals surface area contributed by atoms with Gasteiger partial charge in [0.1, 0.15) is 11.2 Å². The van der Waals surface area contributed by atoms with Gasteiger partial charge in [-0.2, -0.15) is 0 Å². The molecule has 2 atom stereocenters. The van der Waals surface area contributed by atoms with E-state index < -0.39 is 0 Å². The summed E-state index contributed by atoms with van der Waals surface area (Å²) < 4.78 is 12.1. The molecule has 3 rings (SSSR count). The van der Waals surface area contributed by atoms with Crippen LogP contribution in [0.3, 0.4) is 0 Å². The van der Waals surface area contributed by atoms with Crippen molar-refractivity contribution in [1.82, 2.24) is 15.5 Å². The third-order valence-corrected chi connectivity index (χ3v) is 5.93. The molecular formula is C20H35N3O3. The highest BCUT2D eigenvalue weighted by molar-refractivity contribution is 5.09. The molecule has 148 valence electrons. The van der Waals surface area contributed by atoms with Crippen molar-refractivity contribution in [3.05, 3.63) is 24.7 Å². The van der Waals surface area contributed by atoms with Crippen molar-refractivity contribution in [2.75, 3.05) is 45.9 Å². The summed E-state index contributed by atoms with van der Waals surface area (Å²) in [7, 11) is 0. The van der Waals surface area contributed by atoms with E-state index in [1.165, 1.54) is 0 Å². The van der Waals surface area contributed by atoms with Crippen molar-refractivity contribution in [1.29, 1.82) is 0 Å². The number of hydrogen-bond donors (Lipinski definition) is 3. The maximum absolute atomic E-state index is 9.76. The maximum atomic E-state index is 9.76. The fraction of sp³-hybridized carbons (Fsp3) is 0.800. The lowest BCUT2D eigenvalue weighted by molar-refractivity contribution is -0.0672. The summed E-state index contributed by atoms with van der Waals surface area (Å²) in [5, 5.41) is 16.9. The molecule has 3 aliphatic rings. The van der Waals surface area contributed by atoms with Crippen LogP contribution < -0.4 is 10.6 Å². The first-order valence-electron chi connectivity index (χ1n) is 9.92. The molecule has 6 nitrogen and oxygen atoms in total. The number of ether oxygens (including phenoxy) is 2. The second-order valence-corrected chi connectivity index (χ2v) is 8.50. The zero-order chi connectivity index (χ0) is 18.5. The Morgan fingerprint density at radius 1 is 0.962 bits per heavy atom. The molecule has 0 amide bonds.